The fourth-order valence-electron chi connectivity index (χ4n) is 1.82. The van der Waals surface area contributed by atoms with E-state index >= 15 is 0 Å². The fraction of sp³-hybridized carbons (Fsp3) is 0.786. The minimum atomic E-state index is 0.430. The topological polar surface area (TPSA) is 24.9 Å². The first-order chi connectivity index (χ1) is 8.01. The van der Waals surface area contributed by atoms with Crippen molar-refractivity contribution in [2.24, 2.45) is 5.41 Å². The Morgan fingerprint density at radius 2 is 2.18 bits per heavy atom. The summed E-state index contributed by atoms with van der Waals surface area (Å²) in [5.41, 5.74) is 2.36. The van der Waals surface area contributed by atoms with Crippen LogP contribution in [0.1, 0.15) is 51.8 Å². The molecule has 1 atom stereocenters. The smallest absolute Gasteiger partial charge is 0.0794 e. The van der Waals surface area contributed by atoms with E-state index in [1.807, 2.05) is 11.7 Å². The summed E-state index contributed by atoms with van der Waals surface area (Å²) in [4.78, 5) is 5.55. The summed E-state index contributed by atoms with van der Waals surface area (Å²) in [5.74, 6) is 0. The predicted molar refractivity (Wildman–Crippen MR) is 76.6 cm³/mol. The first kappa shape index (κ1) is 14.7. The molecule has 0 saturated heterocycles. The van der Waals surface area contributed by atoms with Crippen molar-refractivity contribution in [3.8, 4) is 0 Å². The summed E-state index contributed by atoms with van der Waals surface area (Å²) in [6.07, 6.45) is 6.85. The molecule has 0 fully saturated rings. The van der Waals surface area contributed by atoms with Gasteiger partial charge >= 0.3 is 0 Å². The molecule has 1 aromatic heterocycles. The van der Waals surface area contributed by atoms with Gasteiger partial charge in [-0.3, -0.25) is 4.98 Å². The molecule has 98 valence electrons. The van der Waals surface area contributed by atoms with E-state index in [1.165, 1.54) is 24.1 Å². The monoisotopic (exact) mass is 254 g/mol. The van der Waals surface area contributed by atoms with Crippen LogP contribution in [-0.4, -0.2) is 17.6 Å². The highest BCUT2D eigenvalue weighted by Gasteiger charge is 2.15. The van der Waals surface area contributed by atoms with Crippen molar-refractivity contribution in [1.82, 2.24) is 10.3 Å². The molecule has 0 spiro atoms. The van der Waals surface area contributed by atoms with Crippen molar-refractivity contribution in [2.45, 2.75) is 59.4 Å². The number of hydrogen-bond acceptors (Lipinski definition) is 3. The molecule has 0 aliphatic carbocycles. The van der Waals surface area contributed by atoms with Gasteiger partial charge in [0.25, 0.3) is 0 Å². The zero-order valence-corrected chi connectivity index (χ0v) is 12.4. The third-order valence-corrected chi connectivity index (χ3v) is 3.66. The Kier molecular flexibility index (Phi) is 6.14. The fourth-order valence-corrected chi connectivity index (χ4v) is 2.49. The van der Waals surface area contributed by atoms with E-state index in [2.05, 4.69) is 38.0 Å². The lowest BCUT2D eigenvalue weighted by molar-refractivity contribution is 0.329. The van der Waals surface area contributed by atoms with Gasteiger partial charge < -0.3 is 5.32 Å². The highest BCUT2D eigenvalue weighted by Crippen LogP contribution is 2.23. The lowest BCUT2D eigenvalue weighted by atomic mass is 9.88. The van der Waals surface area contributed by atoms with E-state index in [4.69, 9.17) is 0 Å². The molecule has 0 saturated carbocycles. The molecule has 1 aromatic rings. The van der Waals surface area contributed by atoms with Gasteiger partial charge in [0.15, 0.2) is 0 Å². The minimum absolute atomic E-state index is 0.430. The van der Waals surface area contributed by atoms with Gasteiger partial charge in [0.2, 0.25) is 0 Å². The standard InChI is InChI=1S/C14H26N2S/c1-5-8-16-12(6-7-14(2,3)4)9-13-10-15-11-17-13/h10-12,16H,5-9H2,1-4H3. The number of thiazole rings is 1. The summed E-state index contributed by atoms with van der Waals surface area (Å²) in [5, 5.41) is 3.66. The van der Waals surface area contributed by atoms with Gasteiger partial charge in [0.05, 0.1) is 5.51 Å². The molecular weight excluding hydrogens is 228 g/mol. The van der Waals surface area contributed by atoms with Crippen LogP contribution < -0.4 is 5.32 Å². The second kappa shape index (κ2) is 7.12. The van der Waals surface area contributed by atoms with Gasteiger partial charge in [0.1, 0.15) is 0 Å². The molecule has 1 heterocycles. The van der Waals surface area contributed by atoms with Gasteiger partial charge in [-0.05, 0) is 37.6 Å². The van der Waals surface area contributed by atoms with E-state index in [0.717, 1.165) is 13.0 Å². The Labute approximate surface area is 110 Å². The Balaban J connectivity index is 2.42. The van der Waals surface area contributed by atoms with Crippen molar-refractivity contribution in [3.05, 3.63) is 16.6 Å². The SMILES string of the molecule is CCCNC(CCC(C)(C)C)Cc1cncs1. The second-order valence-corrected chi connectivity index (χ2v) is 6.89. The van der Waals surface area contributed by atoms with Crippen molar-refractivity contribution in [2.75, 3.05) is 6.54 Å². The van der Waals surface area contributed by atoms with Crippen LogP contribution >= 0.6 is 11.3 Å². The molecule has 0 aliphatic heterocycles. The molecule has 0 bridgehead atoms. The zero-order chi connectivity index (χ0) is 12.7. The molecule has 1 unspecified atom stereocenters. The van der Waals surface area contributed by atoms with E-state index in [1.54, 1.807) is 11.3 Å². The molecule has 3 heteroatoms. The third kappa shape index (κ3) is 6.79. The maximum atomic E-state index is 4.16. The van der Waals surface area contributed by atoms with Crippen LogP contribution in [-0.2, 0) is 6.42 Å². The maximum Gasteiger partial charge on any atom is 0.0794 e. The molecule has 0 aliphatic rings. The van der Waals surface area contributed by atoms with Crippen LogP contribution in [0.15, 0.2) is 11.7 Å². The number of rotatable bonds is 7. The zero-order valence-electron chi connectivity index (χ0n) is 11.6. The molecular formula is C14H26N2S. The van der Waals surface area contributed by atoms with Crippen molar-refractivity contribution in [3.63, 3.8) is 0 Å². The molecule has 0 aromatic carbocycles. The van der Waals surface area contributed by atoms with Gasteiger partial charge in [-0.2, -0.15) is 0 Å². The van der Waals surface area contributed by atoms with Crippen LogP contribution in [0, 0.1) is 5.41 Å². The van der Waals surface area contributed by atoms with Crippen LogP contribution in [0.2, 0.25) is 0 Å². The molecule has 0 radical (unpaired) electrons. The first-order valence-corrected chi connectivity index (χ1v) is 7.50. The normalized spacial score (nSPS) is 13.9. The summed E-state index contributed by atoms with van der Waals surface area (Å²) >= 11 is 1.77. The highest BCUT2D eigenvalue weighted by molar-refractivity contribution is 7.09. The van der Waals surface area contributed by atoms with E-state index < -0.39 is 0 Å². The van der Waals surface area contributed by atoms with E-state index in [-0.39, 0.29) is 0 Å². The largest absolute Gasteiger partial charge is 0.314 e. The van der Waals surface area contributed by atoms with Crippen LogP contribution in [0.4, 0.5) is 0 Å². The molecule has 2 nitrogen and oxygen atoms in total. The lowest BCUT2D eigenvalue weighted by Gasteiger charge is -2.23. The van der Waals surface area contributed by atoms with E-state index in [0.29, 0.717) is 11.5 Å². The first-order valence-electron chi connectivity index (χ1n) is 6.62. The number of nitrogens with one attached hydrogen (secondary N) is 1. The number of hydrogen-bond donors (Lipinski definition) is 1. The molecule has 1 N–H and O–H groups in total. The van der Waals surface area contributed by atoms with Crippen molar-refractivity contribution < 1.29 is 0 Å². The highest BCUT2D eigenvalue weighted by atomic mass is 32.1. The average molecular weight is 254 g/mol. The summed E-state index contributed by atoms with van der Waals surface area (Å²) < 4.78 is 0. The maximum absolute atomic E-state index is 4.16. The van der Waals surface area contributed by atoms with Crippen LogP contribution in [0.5, 0.6) is 0 Å². The van der Waals surface area contributed by atoms with Gasteiger partial charge in [-0.15, -0.1) is 11.3 Å². The van der Waals surface area contributed by atoms with Crippen LogP contribution in [0.25, 0.3) is 0 Å². The summed E-state index contributed by atoms with van der Waals surface area (Å²) in [6, 6.07) is 0.606. The van der Waals surface area contributed by atoms with Gasteiger partial charge in [-0.1, -0.05) is 27.7 Å². The van der Waals surface area contributed by atoms with Gasteiger partial charge in [-0.25, -0.2) is 0 Å². The third-order valence-electron chi connectivity index (χ3n) is 2.86. The minimum Gasteiger partial charge on any atom is -0.314 e. The quantitative estimate of drug-likeness (QED) is 0.798. The summed E-state index contributed by atoms with van der Waals surface area (Å²) in [7, 11) is 0. The van der Waals surface area contributed by atoms with Crippen molar-refractivity contribution in [1.29, 1.82) is 0 Å². The number of aromatic nitrogens is 1. The van der Waals surface area contributed by atoms with E-state index in [9.17, 15) is 0 Å². The lowest BCUT2D eigenvalue weighted by Crippen LogP contribution is -2.32. The Bertz CT molecular complexity index is 288. The van der Waals surface area contributed by atoms with Crippen molar-refractivity contribution >= 4 is 11.3 Å². The number of nitrogens with zero attached hydrogens (tertiary/aromatic N) is 1. The Hall–Kier alpha value is -0.410. The Morgan fingerprint density at radius 3 is 2.71 bits per heavy atom. The summed E-state index contributed by atoms with van der Waals surface area (Å²) in [6.45, 7) is 10.3. The molecule has 0 amide bonds. The molecule has 17 heavy (non-hydrogen) atoms. The Morgan fingerprint density at radius 1 is 1.41 bits per heavy atom. The molecule has 1 rings (SSSR count). The second-order valence-electron chi connectivity index (χ2n) is 5.92. The van der Waals surface area contributed by atoms with Gasteiger partial charge in [0, 0.05) is 17.1 Å². The average Bonchev–Trinajstić information content (AvgIpc) is 2.73. The van der Waals surface area contributed by atoms with Crippen LogP contribution in [0.3, 0.4) is 0 Å². The predicted octanol–water partition coefficient (Wildman–Crippen LogP) is 3.88.